The Hall–Kier alpha value is -2.35. The molecule has 2 N–H and O–H groups in total. The molecule has 0 aromatic heterocycles. The minimum atomic E-state index is -0.566. The van der Waals surface area contributed by atoms with Crippen molar-refractivity contribution in [3.05, 3.63) is 45.6 Å². The zero-order chi connectivity index (χ0) is 18.4. The molecule has 0 radical (unpaired) electrons. The molecule has 0 spiro atoms. The summed E-state index contributed by atoms with van der Waals surface area (Å²) in [5.41, 5.74) is 0.853. The molecule has 0 aliphatic carbocycles. The number of carbonyl (C=O) groups is 3. The normalized spacial score (nSPS) is 16.8. The van der Waals surface area contributed by atoms with Crippen LogP contribution in [0.5, 0.6) is 0 Å². The van der Waals surface area contributed by atoms with Crippen molar-refractivity contribution in [3.8, 4) is 0 Å². The number of carbonyl (C=O) groups excluding carboxylic acids is 3. The van der Waals surface area contributed by atoms with E-state index in [2.05, 4.69) is 26.6 Å². The number of ether oxygens (including phenoxy) is 2. The molecule has 1 aliphatic rings. The Morgan fingerprint density at radius 2 is 1.88 bits per heavy atom. The average Bonchev–Trinajstić information content (AvgIpc) is 2.59. The van der Waals surface area contributed by atoms with Crippen molar-refractivity contribution in [1.29, 1.82) is 0 Å². The van der Waals surface area contributed by atoms with Gasteiger partial charge in [0.05, 0.1) is 29.5 Å². The monoisotopic (exact) mass is 410 g/mol. The molecule has 0 saturated carbocycles. The Morgan fingerprint density at radius 1 is 1.16 bits per heavy atom. The van der Waals surface area contributed by atoms with Crippen LogP contribution in [0.1, 0.15) is 30.6 Å². The van der Waals surface area contributed by atoms with Crippen molar-refractivity contribution >= 4 is 33.9 Å². The second-order valence-electron chi connectivity index (χ2n) is 5.23. The summed E-state index contributed by atoms with van der Waals surface area (Å²) < 4.78 is 10.9. The van der Waals surface area contributed by atoms with E-state index < -0.39 is 24.0 Å². The van der Waals surface area contributed by atoms with Gasteiger partial charge in [-0.25, -0.2) is 14.4 Å². The van der Waals surface area contributed by atoms with Gasteiger partial charge in [-0.05, 0) is 41.4 Å². The maximum Gasteiger partial charge on any atom is 0.339 e. The number of halogens is 1. The summed E-state index contributed by atoms with van der Waals surface area (Å²) in [4.78, 5) is 36.2. The first-order valence-corrected chi connectivity index (χ1v) is 8.66. The van der Waals surface area contributed by atoms with E-state index in [-0.39, 0.29) is 24.5 Å². The summed E-state index contributed by atoms with van der Waals surface area (Å²) in [5, 5.41) is 5.19. The van der Waals surface area contributed by atoms with Gasteiger partial charge in [-0.2, -0.15) is 0 Å². The van der Waals surface area contributed by atoms with E-state index in [1.54, 1.807) is 31.2 Å². The summed E-state index contributed by atoms with van der Waals surface area (Å²) in [5.74, 6) is -1.11. The van der Waals surface area contributed by atoms with Gasteiger partial charge in [0.1, 0.15) is 6.61 Å². The van der Waals surface area contributed by atoms with E-state index in [1.165, 1.54) is 0 Å². The van der Waals surface area contributed by atoms with Crippen molar-refractivity contribution in [2.75, 3.05) is 13.2 Å². The predicted octanol–water partition coefficient (Wildman–Crippen LogP) is 2.51. The van der Waals surface area contributed by atoms with Crippen molar-refractivity contribution in [3.63, 3.8) is 0 Å². The highest BCUT2D eigenvalue weighted by atomic mass is 79.9. The highest BCUT2D eigenvalue weighted by Gasteiger charge is 2.32. The predicted molar refractivity (Wildman–Crippen MR) is 93.8 cm³/mol. The third-order valence-corrected chi connectivity index (χ3v) is 4.28. The molecule has 0 fully saturated rings. The average molecular weight is 411 g/mol. The fourth-order valence-corrected chi connectivity index (χ4v) is 2.86. The minimum Gasteiger partial charge on any atom is -0.463 e. The third-order valence-electron chi connectivity index (χ3n) is 3.59. The molecule has 0 bridgehead atoms. The fraction of sp³-hybridized carbons (Fsp3) is 0.353. The zero-order valence-corrected chi connectivity index (χ0v) is 15.5. The lowest BCUT2D eigenvalue weighted by Gasteiger charge is -2.28. The Labute approximate surface area is 153 Å². The third kappa shape index (κ3) is 4.60. The lowest BCUT2D eigenvalue weighted by molar-refractivity contribution is -0.139. The number of hydrogen-bond donors (Lipinski definition) is 2. The van der Waals surface area contributed by atoms with Gasteiger partial charge in [0.2, 0.25) is 0 Å². The minimum absolute atomic E-state index is 0.205. The second kappa shape index (κ2) is 8.66. The molecule has 0 unspecified atom stereocenters. The van der Waals surface area contributed by atoms with Crippen LogP contribution < -0.4 is 10.6 Å². The molecule has 2 amide bonds. The molecule has 134 valence electrons. The molecule has 1 atom stereocenters. The van der Waals surface area contributed by atoms with E-state index in [0.29, 0.717) is 16.5 Å². The highest BCUT2D eigenvalue weighted by Crippen LogP contribution is 2.20. The summed E-state index contributed by atoms with van der Waals surface area (Å²) >= 11 is 3.28. The van der Waals surface area contributed by atoms with Crippen molar-refractivity contribution < 1.29 is 23.9 Å². The summed E-state index contributed by atoms with van der Waals surface area (Å²) in [7, 11) is 0. The number of hydrogen-bond acceptors (Lipinski definition) is 5. The maximum atomic E-state index is 12.2. The molecule has 1 heterocycles. The van der Waals surface area contributed by atoms with Crippen LogP contribution in [0.3, 0.4) is 0 Å². The molecule has 7 nitrogen and oxygen atoms in total. The largest absolute Gasteiger partial charge is 0.463 e. The lowest BCUT2D eigenvalue weighted by Crippen LogP contribution is -2.51. The van der Waals surface area contributed by atoms with Gasteiger partial charge in [0.25, 0.3) is 0 Å². The lowest BCUT2D eigenvalue weighted by atomic mass is 10.0. The number of esters is 2. The van der Waals surface area contributed by atoms with E-state index in [0.717, 1.165) is 0 Å². The van der Waals surface area contributed by atoms with E-state index >= 15 is 0 Å². The van der Waals surface area contributed by atoms with Gasteiger partial charge in [-0.3, -0.25) is 0 Å². The number of urea groups is 1. The first-order chi connectivity index (χ1) is 12.0. The fourth-order valence-electron chi connectivity index (χ4n) is 2.42. The first-order valence-electron chi connectivity index (χ1n) is 7.87. The molecule has 1 aromatic carbocycles. The SMILES string of the molecule is CCOC(=O)C1=C(COC(=O)c2ccccc2Br)NC(=O)N[C@H]1CC. The molecule has 1 aromatic rings. The summed E-state index contributed by atoms with van der Waals surface area (Å²) in [6, 6.07) is 5.88. The van der Waals surface area contributed by atoms with Crippen molar-refractivity contribution in [1.82, 2.24) is 10.6 Å². The Morgan fingerprint density at radius 3 is 2.52 bits per heavy atom. The highest BCUT2D eigenvalue weighted by molar-refractivity contribution is 9.10. The van der Waals surface area contributed by atoms with Crippen LogP contribution in [-0.2, 0) is 14.3 Å². The first kappa shape index (κ1) is 19.0. The van der Waals surface area contributed by atoms with Crippen LogP contribution in [0.25, 0.3) is 0 Å². The molecule has 0 saturated heterocycles. The number of benzene rings is 1. The quantitative estimate of drug-likeness (QED) is 0.702. The van der Waals surface area contributed by atoms with E-state index in [4.69, 9.17) is 9.47 Å². The molecule has 2 rings (SSSR count). The molecule has 8 heteroatoms. The standard InChI is InChI=1S/C17H19BrN2O5/c1-3-12-14(16(22)24-4-2)13(20-17(23)19-12)9-25-15(21)10-7-5-6-8-11(10)18/h5-8,12H,3-4,9H2,1-2H3,(H2,19,20,23)/t12-/m0/s1. The topological polar surface area (TPSA) is 93.7 Å². The van der Waals surface area contributed by atoms with Crippen LogP contribution >= 0.6 is 15.9 Å². The molecule has 1 aliphatic heterocycles. The Bertz CT molecular complexity index is 717. The van der Waals surface area contributed by atoms with E-state index in [9.17, 15) is 14.4 Å². The smallest absolute Gasteiger partial charge is 0.339 e. The van der Waals surface area contributed by atoms with E-state index in [1.807, 2.05) is 6.92 Å². The van der Waals surface area contributed by atoms with Gasteiger partial charge in [0, 0.05) is 4.47 Å². The van der Waals surface area contributed by atoms with Crippen molar-refractivity contribution in [2.45, 2.75) is 26.3 Å². The Kier molecular flexibility index (Phi) is 6.58. The van der Waals surface area contributed by atoms with Crippen LogP contribution in [0.4, 0.5) is 4.79 Å². The number of nitrogens with one attached hydrogen (secondary N) is 2. The van der Waals surface area contributed by atoms with Gasteiger partial charge in [-0.1, -0.05) is 19.1 Å². The van der Waals surface area contributed by atoms with Gasteiger partial charge >= 0.3 is 18.0 Å². The number of amides is 2. The van der Waals surface area contributed by atoms with Crippen LogP contribution in [-0.4, -0.2) is 37.2 Å². The summed E-state index contributed by atoms with van der Waals surface area (Å²) in [6.07, 6.45) is 0.503. The van der Waals surface area contributed by atoms with Gasteiger partial charge in [0.15, 0.2) is 0 Å². The Balaban J connectivity index is 2.22. The second-order valence-corrected chi connectivity index (χ2v) is 6.08. The van der Waals surface area contributed by atoms with Gasteiger partial charge < -0.3 is 20.1 Å². The summed E-state index contributed by atoms with van der Waals surface area (Å²) in [6.45, 7) is 3.50. The number of rotatable bonds is 6. The zero-order valence-electron chi connectivity index (χ0n) is 13.9. The van der Waals surface area contributed by atoms with Crippen LogP contribution in [0.15, 0.2) is 40.0 Å². The molecular formula is C17H19BrN2O5. The van der Waals surface area contributed by atoms with Crippen LogP contribution in [0, 0.1) is 0 Å². The van der Waals surface area contributed by atoms with Crippen LogP contribution in [0.2, 0.25) is 0 Å². The van der Waals surface area contributed by atoms with Crippen molar-refractivity contribution in [2.24, 2.45) is 0 Å². The van der Waals surface area contributed by atoms with Gasteiger partial charge in [-0.15, -0.1) is 0 Å². The maximum absolute atomic E-state index is 12.2. The molecule has 25 heavy (non-hydrogen) atoms. The molecular weight excluding hydrogens is 392 g/mol.